The van der Waals surface area contributed by atoms with E-state index in [0.29, 0.717) is 19.4 Å². The number of benzene rings is 2. The summed E-state index contributed by atoms with van der Waals surface area (Å²) in [5, 5.41) is 9.55. The summed E-state index contributed by atoms with van der Waals surface area (Å²) in [6.45, 7) is 8.15. The highest BCUT2D eigenvalue weighted by Gasteiger charge is 2.46. The number of cyclic esters (lactones) is 1. The van der Waals surface area contributed by atoms with Gasteiger partial charge in [0.1, 0.15) is 11.4 Å². The lowest BCUT2D eigenvalue weighted by atomic mass is 9.75. The molecule has 0 unspecified atom stereocenters. The lowest BCUT2D eigenvalue weighted by Gasteiger charge is -2.45. The van der Waals surface area contributed by atoms with Crippen molar-refractivity contribution >= 4 is 6.09 Å². The second-order valence-corrected chi connectivity index (χ2v) is 8.57. The van der Waals surface area contributed by atoms with E-state index in [1.54, 1.807) is 17.0 Å². The molecule has 1 fully saturated rings. The molecule has 2 aromatic rings. The summed E-state index contributed by atoms with van der Waals surface area (Å²) in [5.41, 5.74) is 1.28. The molecule has 1 aliphatic rings. The Labute approximate surface area is 171 Å². The van der Waals surface area contributed by atoms with Crippen molar-refractivity contribution in [3.63, 3.8) is 0 Å². The van der Waals surface area contributed by atoms with Gasteiger partial charge in [-0.3, -0.25) is 0 Å². The molecule has 0 aromatic heterocycles. The summed E-state index contributed by atoms with van der Waals surface area (Å²) in [4.78, 5) is 14.8. The number of hydrogen-bond donors (Lipinski definition) is 0. The van der Waals surface area contributed by atoms with E-state index in [1.165, 1.54) is 12.1 Å². The predicted octanol–water partition coefficient (Wildman–Crippen LogP) is 5.87. The van der Waals surface area contributed by atoms with Gasteiger partial charge >= 0.3 is 6.09 Å². The molecule has 0 aliphatic carbocycles. The van der Waals surface area contributed by atoms with Gasteiger partial charge < -0.3 is 9.64 Å². The van der Waals surface area contributed by atoms with Crippen LogP contribution in [0.2, 0.25) is 0 Å². The molecule has 1 heterocycles. The number of ether oxygens (including phenoxy) is 1. The monoisotopic (exact) mass is 394 g/mol. The van der Waals surface area contributed by atoms with Crippen LogP contribution in [0.15, 0.2) is 48.5 Å². The first kappa shape index (κ1) is 20.9. The molecule has 0 bridgehead atoms. The van der Waals surface area contributed by atoms with Gasteiger partial charge in [-0.05, 0) is 51.0 Å². The summed E-state index contributed by atoms with van der Waals surface area (Å²) in [6.07, 6.45) is 0.467. The normalized spacial score (nSPS) is 20.7. The van der Waals surface area contributed by atoms with Gasteiger partial charge in [0.15, 0.2) is 0 Å². The molecular formula is C24H27FN2O2. The van der Waals surface area contributed by atoms with Gasteiger partial charge in [0.25, 0.3) is 0 Å². The SMILES string of the molecule is Cc1ccc([C@H](C)N2CC[C@](CC(C)(C)C#N)(c3ccc(F)cc3)OC2=O)cc1. The van der Waals surface area contributed by atoms with Crippen LogP contribution in [0.25, 0.3) is 0 Å². The standard InChI is InChI=1S/C24H27FN2O2/c1-17-5-7-19(8-6-17)18(2)27-14-13-24(29-22(27)28,15-23(3,4)16-26)20-9-11-21(25)12-10-20/h5-12,18H,13-15H2,1-4H3/t18-,24-/m0/s1. The van der Waals surface area contributed by atoms with E-state index >= 15 is 0 Å². The Morgan fingerprint density at radius 2 is 1.83 bits per heavy atom. The van der Waals surface area contributed by atoms with Crippen LogP contribution in [0, 0.1) is 29.5 Å². The maximum absolute atomic E-state index is 13.5. The number of hydrogen-bond acceptors (Lipinski definition) is 3. The number of nitriles is 1. The van der Waals surface area contributed by atoms with E-state index in [-0.39, 0.29) is 11.9 Å². The third-order valence-corrected chi connectivity index (χ3v) is 5.70. The zero-order valence-corrected chi connectivity index (χ0v) is 17.4. The molecule has 3 rings (SSSR count). The fourth-order valence-electron chi connectivity index (χ4n) is 3.98. The zero-order valence-electron chi connectivity index (χ0n) is 17.4. The van der Waals surface area contributed by atoms with Gasteiger partial charge in [-0.25, -0.2) is 9.18 Å². The number of amides is 1. The van der Waals surface area contributed by atoms with Crippen LogP contribution in [0.1, 0.15) is 56.3 Å². The third kappa shape index (κ3) is 4.42. The topological polar surface area (TPSA) is 53.3 Å². The van der Waals surface area contributed by atoms with Crippen molar-refractivity contribution in [2.45, 2.75) is 52.2 Å². The van der Waals surface area contributed by atoms with Crippen molar-refractivity contribution in [1.29, 1.82) is 5.26 Å². The van der Waals surface area contributed by atoms with Crippen molar-refractivity contribution in [2.24, 2.45) is 5.41 Å². The number of nitrogens with zero attached hydrogens (tertiary/aromatic N) is 2. The molecule has 152 valence electrons. The van der Waals surface area contributed by atoms with Gasteiger partial charge in [0, 0.05) is 19.4 Å². The predicted molar refractivity (Wildman–Crippen MR) is 109 cm³/mol. The lowest BCUT2D eigenvalue weighted by Crippen LogP contribution is -2.50. The van der Waals surface area contributed by atoms with Crippen molar-refractivity contribution < 1.29 is 13.9 Å². The minimum atomic E-state index is -0.951. The lowest BCUT2D eigenvalue weighted by molar-refractivity contribution is -0.0770. The van der Waals surface area contributed by atoms with Crippen molar-refractivity contribution in [3.8, 4) is 6.07 Å². The molecule has 2 atom stereocenters. The summed E-state index contributed by atoms with van der Waals surface area (Å²) in [6, 6.07) is 16.3. The van der Waals surface area contributed by atoms with Crippen LogP contribution in [-0.4, -0.2) is 17.5 Å². The molecule has 0 spiro atoms. The van der Waals surface area contributed by atoms with Crippen molar-refractivity contribution in [1.82, 2.24) is 4.90 Å². The van der Waals surface area contributed by atoms with Crippen LogP contribution in [0.5, 0.6) is 0 Å². The van der Waals surface area contributed by atoms with E-state index in [1.807, 2.05) is 52.0 Å². The molecule has 1 amide bonds. The van der Waals surface area contributed by atoms with E-state index < -0.39 is 17.1 Å². The van der Waals surface area contributed by atoms with E-state index in [4.69, 9.17) is 4.74 Å². The number of aryl methyl sites for hydroxylation is 1. The highest BCUT2D eigenvalue weighted by Crippen LogP contribution is 2.44. The first-order valence-corrected chi connectivity index (χ1v) is 9.89. The van der Waals surface area contributed by atoms with Crippen LogP contribution < -0.4 is 0 Å². The Morgan fingerprint density at radius 3 is 2.38 bits per heavy atom. The number of carbonyl (C=O) groups is 1. The highest BCUT2D eigenvalue weighted by molar-refractivity contribution is 5.70. The number of rotatable bonds is 5. The summed E-state index contributed by atoms with van der Waals surface area (Å²) in [7, 11) is 0. The fraction of sp³-hybridized carbons (Fsp3) is 0.417. The van der Waals surface area contributed by atoms with Crippen LogP contribution in [0.4, 0.5) is 9.18 Å². The second-order valence-electron chi connectivity index (χ2n) is 8.57. The minimum absolute atomic E-state index is 0.127. The molecular weight excluding hydrogens is 367 g/mol. The average molecular weight is 394 g/mol. The van der Waals surface area contributed by atoms with Gasteiger partial charge in [-0.15, -0.1) is 0 Å². The van der Waals surface area contributed by atoms with Gasteiger partial charge in [-0.1, -0.05) is 42.0 Å². The third-order valence-electron chi connectivity index (χ3n) is 5.70. The molecule has 2 aromatic carbocycles. The Balaban J connectivity index is 1.89. The summed E-state index contributed by atoms with van der Waals surface area (Å²) in [5.74, 6) is -0.347. The number of carbonyl (C=O) groups excluding carboxylic acids is 1. The fourth-order valence-corrected chi connectivity index (χ4v) is 3.98. The molecule has 4 nitrogen and oxygen atoms in total. The van der Waals surface area contributed by atoms with Crippen LogP contribution in [0.3, 0.4) is 0 Å². The summed E-state index contributed by atoms with van der Waals surface area (Å²) < 4.78 is 19.5. The molecule has 0 radical (unpaired) electrons. The quantitative estimate of drug-likeness (QED) is 0.637. The van der Waals surface area contributed by atoms with Crippen LogP contribution >= 0.6 is 0 Å². The van der Waals surface area contributed by atoms with E-state index in [0.717, 1.165) is 16.7 Å². The molecule has 1 saturated heterocycles. The maximum atomic E-state index is 13.5. The molecule has 0 N–H and O–H groups in total. The van der Waals surface area contributed by atoms with Crippen molar-refractivity contribution in [3.05, 3.63) is 71.0 Å². The molecule has 1 aliphatic heterocycles. The Bertz CT molecular complexity index is 915. The second kappa shape index (κ2) is 7.87. The Kier molecular flexibility index (Phi) is 5.66. The smallest absolute Gasteiger partial charge is 0.411 e. The Hall–Kier alpha value is -2.87. The maximum Gasteiger partial charge on any atom is 0.411 e. The highest BCUT2D eigenvalue weighted by atomic mass is 19.1. The van der Waals surface area contributed by atoms with Gasteiger partial charge in [-0.2, -0.15) is 5.26 Å². The first-order valence-electron chi connectivity index (χ1n) is 9.89. The summed E-state index contributed by atoms with van der Waals surface area (Å²) >= 11 is 0. The van der Waals surface area contributed by atoms with Gasteiger partial charge in [0.2, 0.25) is 0 Å². The van der Waals surface area contributed by atoms with E-state index in [9.17, 15) is 14.4 Å². The average Bonchev–Trinajstić information content (AvgIpc) is 2.68. The van der Waals surface area contributed by atoms with Crippen molar-refractivity contribution in [2.75, 3.05) is 6.54 Å². The van der Waals surface area contributed by atoms with Gasteiger partial charge in [0.05, 0.1) is 17.5 Å². The Morgan fingerprint density at radius 1 is 1.21 bits per heavy atom. The first-order chi connectivity index (χ1) is 13.7. The zero-order chi connectivity index (χ0) is 21.2. The van der Waals surface area contributed by atoms with E-state index in [2.05, 4.69) is 6.07 Å². The molecule has 5 heteroatoms. The van der Waals surface area contributed by atoms with Crippen LogP contribution in [-0.2, 0) is 10.3 Å². The largest absolute Gasteiger partial charge is 0.438 e. The number of halogens is 1. The molecule has 29 heavy (non-hydrogen) atoms. The molecule has 0 saturated carbocycles. The minimum Gasteiger partial charge on any atom is -0.438 e.